The molecule has 1 aromatic rings. The number of pyridine rings is 1. The van der Waals surface area contributed by atoms with E-state index in [1.165, 1.54) is 0 Å². The molecule has 4 nitrogen and oxygen atoms in total. The van der Waals surface area contributed by atoms with Crippen LogP contribution in [0.15, 0.2) is 23.5 Å². The summed E-state index contributed by atoms with van der Waals surface area (Å²) in [4.78, 5) is 7.64. The predicted octanol–water partition coefficient (Wildman–Crippen LogP) is 0.508. The summed E-state index contributed by atoms with van der Waals surface area (Å²) in [5, 5.41) is 0.572. The highest BCUT2D eigenvalue weighted by Crippen LogP contribution is 2.13. The summed E-state index contributed by atoms with van der Waals surface area (Å²) in [5.41, 5.74) is 11.2. The van der Waals surface area contributed by atoms with E-state index in [4.69, 9.17) is 23.1 Å². The Hall–Kier alpha value is -1.29. The summed E-state index contributed by atoms with van der Waals surface area (Å²) < 4.78 is 0. The molecule has 0 aliphatic heterocycles. The van der Waals surface area contributed by atoms with Crippen molar-refractivity contribution in [1.82, 2.24) is 4.98 Å². The fraction of sp³-hybridized carbons (Fsp3) is 0.143. The Bertz CT molecular complexity index is 293. The number of aromatic nitrogens is 1. The highest BCUT2D eigenvalue weighted by Gasteiger charge is 1.96. The van der Waals surface area contributed by atoms with Crippen molar-refractivity contribution >= 4 is 17.6 Å². The lowest BCUT2D eigenvalue weighted by atomic mass is 10.3. The van der Waals surface area contributed by atoms with Crippen LogP contribution < -0.4 is 11.5 Å². The predicted molar refractivity (Wildman–Crippen MR) is 48.8 cm³/mol. The van der Waals surface area contributed by atoms with E-state index >= 15 is 0 Å². The molecule has 0 aromatic carbocycles. The molecular weight excluding hydrogens is 176 g/mol. The Morgan fingerprint density at radius 1 is 1.58 bits per heavy atom. The molecule has 1 rings (SSSR count). The molecule has 0 fully saturated rings. The number of hydrogen-bond acceptors (Lipinski definition) is 2. The maximum atomic E-state index is 5.79. The summed E-state index contributed by atoms with van der Waals surface area (Å²) in [6.45, 7) is 0.393. The molecule has 5 heteroatoms. The van der Waals surface area contributed by atoms with Gasteiger partial charge in [0.25, 0.3) is 0 Å². The first-order chi connectivity index (χ1) is 5.70. The molecular formula is C7H9ClN4. The zero-order valence-electron chi connectivity index (χ0n) is 6.37. The third-order valence-electron chi connectivity index (χ3n) is 1.29. The van der Waals surface area contributed by atoms with Crippen LogP contribution in [-0.4, -0.2) is 10.9 Å². The minimum atomic E-state index is 0.0582. The van der Waals surface area contributed by atoms with Crippen LogP contribution in [0.4, 0.5) is 0 Å². The van der Waals surface area contributed by atoms with Crippen molar-refractivity contribution in [3.05, 3.63) is 29.0 Å². The summed E-state index contributed by atoms with van der Waals surface area (Å²) in [7, 11) is 0. The van der Waals surface area contributed by atoms with Crippen molar-refractivity contribution in [2.75, 3.05) is 0 Å². The molecule has 64 valence electrons. The highest BCUT2D eigenvalue weighted by molar-refractivity contribution is 6.31. The van der Waals surface area contributed by atoms with Crippen LogP contribution in [0.2, 0.25) is 5.02 Å². The average Bonchev–Trinajstić information content (AvgIpc) is 2.03. The monoisotopic (exact) mass is 184 g/mol. The number of guanidine groups is 1. The summed E-state index contributed by atoms with van der Waals surface area (Å²) in [6.07, 6.45) is 3.20. The molecule has 0 saturated carbocycles. The minimum Gasteiger partial charge on any atom is -0.370 e. The third-order valence-corrected chi connectivity index (χ3v) is 1.63. The smallest absolute Gasteiger partial charge is 0.186 e. The Kier molecular flexibility index (Phi) is 2.88. The van der Waals surface area contributed by atoms with Crippen LogP contribution in [0.1, 0.15) is 5.56 Å². The number of halogens is 1. The largest absolute Gasteiger partial charge is 0.370 e. The normalized spacial score (nSPS) is 9.42. The van der Waals surface area contributed by atoms with E-state index in [1.807, 2.05) is 0 Å². The van der Waals surface area contributed by atoms with Gasteiger partial charge in [-0.15, -0.1) is 0 Å². The maximum absolute atomic E-state index is 5.79. The second kappa shape index (κ2) is 3.92. The Morgan fingerprint density at radius 3 is 2.92 bits per heavy atom. The van der Waals surface area contributed by atoms with Crippen LogP contribution in [0.3, 0.4) is 0 Å². The van der Waals surface area contributed by atoms with Gasteiger partial charge in [0, 0.05) is 12.4 Å². The maximum Gasteiger partial charge on any atom is 0.186 e. The number of aliphatic imine (C=N–C) groups is 1. The molecule has 1 aromatic heterocycles. The Morgan fingerprint density at radius 2 is 2.33 bits per heavy atom. The topological polar surface area (TPSA) is 77.3 Å². The quantitative estimate of drug-likeness (QED) is 0.519. The van der Waals surface area contributed by atoms with Crippen molar-refractivity contribution in [2.45, 2.75) is 6.54 Å². The second-order valence-electron chi connectivity index (χ2n) is 2.21. The van der Waals surface area contributed by atoms with Gasteiger partial charge in [-0.3, -0.25) is 4.98 Å². The van der Waals surface area contributed by atoms with E-state index in [0.717, 1.165) is 5.56 Å². The lowest BCUT2D eigenvalue weighted by molar-refractivity contribution is 1.04. The van der Waals surface area contributed by atoms with Gasteiger partial charge in [-0.25, -0.2) is 4.99 Å². The molecule has 0 spiro atoms. The van der Waals surface area contributed by atoms with E-state index < -0.39 is 0 Å². The second-order valence-corrected chi connectivity index (χ2v) is 2.62. The summed E-state index contributed by atoms with van der Waals surface area (Å²) in [5.74, 6) is 0.0582. The molecule has 0 aliphatic rings. The molecule has 0 radical (unpaired) electrons. The van der Waals surface area contributed by atoms with E-state index in [0.29, 0.717) is 11.6 Å². The van der Waals surface area contributed by atoms with Gasteiger partial charge in [-0.1, -0.05) is 11.6 Å². The van der Waals surface area contributed by atoms with Gasteiger partial charge < -0.3 is 11.5 Å². The number of nitrogens with two attached hydrogens (primary N) is 2. The number of hydrogen-bond donors (Lipinski definition) is 2. The van der Waals surface area contributed by atoms with Crippen molar-refractivity contribution in [2.24, 2.45) is 16.5 Å². The van der Waals surface area contributed by atoms with Crippen molar-refractivity contribution < 1.29 is 0 Å². The van der Waals surface area contributed by atoms with Crippen molar-refractivity contribution in [1.29, 1.82) is 0 Å². The van der Waals surface area contributed by atoms with Gasteiger partial charge in [0.15, 0.2) is 5.96 Å². The summed E-state index contributed by atoms with van der Waals surface area (Å²) >= 11 is 5.79. The van der Waals surface area contributed by atoms with E-state index in [2.05, 4.69) is 9.98 Å². The van der Waals surface area contributed by atoms with Crippen LogP contribution in [0.25, 0.3) is 0 Å². The SMILES string of the molecule is NC(N)=NCc1ccncc1Cl. The molecule has 4 N–H and O–H groups in total. The number of rotatable bonds is 2. The Balaban J connectivity index is 2.76. The first-order valence-electron chi connectivity index (χ1n) is 3.34. The van der Waals surface area contributed by atoms with E-state index in [-0.39, 0.29) is 5.96 Å². The van der Waals surface area contributed by atoms with Crippen molar-refractivity contribution in [3.63, 3.8) is 0 Å². The van der Waals surface area contributed by atoms with Gasteiger partial charge in [-0.2, -0.15) is 0 Å². The number of nitrogens with zero attached hydrogens (tertiary/aromatic N) is 2. The lowest BCUT2D eigenvalue weighted by Crippen LogP contribution is -2.22. The molecule has 0 bridgehead atoms. The Labute approximate surface area is 75.3 Å². The average molecular weight is 185 g/mol. The van der Waals surface area contributed by atoms with Gasteiger partial charge in [0.1, 0.15) is 0 Å². The molecule has 0 unspecified atom stereocenters. The van der Waals surface area contributed by atoms with E-state index in [9.17, 15) is 0 Å². The zero-order valence-corrected chi connectivity index (χ0v) is 7.12. The van der Waals surface area contributed by atoms with Crippen molar-refractivity contribution in [3.8, 4) is 0 Å². The molecule has 12 heavy (non-hydrogen) atoms. The molecule has 0 atom stereocenters. The highest BCUT2D eigenvalue weighted by atomic mass is 35.5. The molecule has 0 aliphatic carbocycles. The van der Waals surface area contributed by atoms with E-state index in [1.54, 1.807) is 18.5 Å². The van der Waals surface area contributed by atoms with Gasteiger partial charge in [0.05, 0.1) is 11.6 Å². The van der Waals surface area contributed by atoms with Gasteiger partial charge in [0.2, 0.25) is 0 Å². The molecule has 1 heterocycles. The fourth-order valence-electron chi connectivity index (χ4n) is 0.709. The first-order valence-corrected chi connectivity index (χ1v) is 3.71. The minimum absolute atomic E-state index is 0.0582. The van der Waals surface area contributed by atoms with Gasteiger partial charge >= 0.3 is 0 Å². The standard InChI is InChI=1S/C7H9ClN4/c8-6-4-11-2-1-5(6)3-12-7(9)10/h1-2,4H,3H2,(H4,9,10,12). The zero-order chi connectivity index (χ0) is 8.97. The fourth-order valence-corrected chi connectivity index (χ4v) is 0.888. The van der Waals surface area contributed by atoms with Crippen LogP contribution in [0, 0.1) is 0 Å². The van der Waals surface area contributed by atoms with Crippen LogP contribution >= 0.6 is 11.6 Å². The lowest BCUT2D eigenvalue weighted by Gasteiger charge is -1.98. The summed E-state index contributed by atoms with van der Waals surface area (Å²) in [6, 6.07) is 1.77. The van der Waals surface area contributed by atoms with Gasteiger partial charge in [-0.05, 0) is 11.6 Å². The molecule has 0 saturated heterocycles. The van der Waals surface area contributed by atoms with Crippen LogP contribution in [0.5, 0.6) is 0 Å². The first kappa shape index (κ1) is 8.80. The van der Waals surface area contributed by atoms with Crippen LogP contribution in [-0.2, 0) is 6.54 Å². The molecule has 0 amide bonds. The third kappa shape index (κ3) is 2.39.